The quantitative estimate of drug-likeness (QED) is 0.877. The maximum Gasteiger partial charge on any atom is 0.272 e. The van der Waals surface area contributed by atoms with Crippen LogP contribution < -0.4 is 10.6 Å². The second-order valence-electron chi connectivity index (χ2n) is 6.25. The number of rotatable bonds is 5. The number of anilines is 2. The second-order valence-corrected chi connectivity index (χ2v) is 6.25. The van der Waals surface area contributed by atoms with Crippen LogP contribution in [0, 0.1) is 0 Å². The molecule has 0 saturated heterocycles. The van der Waals surface area contributed by atoms with Crippen molar-refractivity contribution >= 4 is 17.4 Å². The number of benzene rings is 1. The van der Waals surface area contributed by atoms with E-state index in [1.165, 1.54) is 24.8 Å². The lowest BCUT2D eigenvalue weighted by Crippen LogP contribution is -2.36. The highest BCUT2D eigenvalue weighted by molar-refractivity contribution is 5.92. The van der Waals surface area contributed by atoms with Gasteiger partial charge in [0, 0.05) is 11.7 Å². The molecule has 0 spiro atoms. The van der Waals surface area contributed by atoms with Gasteiger partial charge in [0.05, 0.1) is 0 Å². The average Bonchev–Trinajstić information content (AvgIpc) is 2.63. The number of aryl methyl sites for hydroxylation is 1. The molecular formula is C19H24N4O. The van der Waals surface area contributed by atoms with Crippen LogP contribution in [0.3, 0.4) is 0 Å². The summed E-state index contributed by atoms with van der Waals surface area (Å²) in [6.07, 6.45) is 6.72. The van der Waals surface area contributed by atoms with E-state index < -0.39 is 0 Å². The summed E-state index contributed by atoms with van der Waals surface area (Å²) in [6, 6.07) is 11.9. The monoisotopic (exact) mass is 324 g/mol. The predicted octanol–water partition coefficient (Wildman–Crippen LogP) is 3.85. The van der Waals surface area contributed by atoms with Crippen LogP contribution in [-0.4, -0.2) is 22.1 Å². The van der Waals surface area contributed by atoms with E-state index in [0.717, 1.165) is 24.9 Å². The number of carbonyl (C=O) groups excluding carboxylic acids is 1. The van der Waals surface area contributed by atoms with Crippen molar-refractivity contribution in [2.24, 2.45) is 0 Å². The third kappa shape index (κ3) is 4.10. The average molecular weight is 324 g/mol. The smallest absolute Gasteiger partial charge is 0.272 e. The van der Waals surface area contributed by atoms with E-state index in [1.807, 2.05) is 18.2 Å². The van der Waals surface area contributed by atoms with Gasteiger partial charge in [-0.1, -0.05) is 44.4 Å². The van der Waals surface area contributed by atoms with Gasteiger partial charge in [-0.05, 0) is 43.0 Å². The van der Waals surface area contributed by atoms with E-state index in [2.05, 4.69) is 33.8 Å². The summed E-state index contributed by atoms with van der Waals surface area (Å²) in [5.74, 6) is 0.514. The summed E-state index contributed by atoms with van der Waals surface area (Å²) in [5.41, 5.74) is 2.61. The fourth-order valence-electron chi connectivity index (χ4n) is 3.11. The zero-order valence-corrected chi connectivity index (χ0v) is 14.1. The van der Waals surface area contributed by atoms with Gasteiger partial charge in [-0.15, -0.1) is 10.2 Å². The van der Waals surface area contributed by atoms with Crippen molar-refractivity contribution in [1.82, 2.24) is 15.5 Å². The first-order valence-corrected chi connectivity index (χ1v) is 8.76. The summed E-state index contributed by atoms with van der Waals surface area (Å²) in [4.78, 5) is 12.2. The normalized spacial score (nSPS) is 15.0. The number of nitrogens with one attached hydrogen (secondary N) is 2. The molecule has 3 rings (SSSR count). The van der Waals surface area contributed by atoms with Crippen molar-refractivity contribution in [2.75, 3.05) is 5.32 Å². The number of amides is 1. The number of hydrogen-bond donors (Lipinski definition) is 2. The summed E-state index contributed by atoms with van der Waals surface area (Å²) in [7, 11) is 0. The Labute approximate surface area is 142 Å². The molecule has 2 N–H and O–H groups in total. The Balaban J connectivity index is 1.63. The molecule has 5 heteroatoms. The third-order valence-corrected chi connectivity index (χ3v) is 4.50. The SMILES string of the molecule is CCc1ccccc1Nc1ccc(C(=O)NC2CCCCC2)nn1. The van der Waals surface area contributed by atoms with E-state index >= 15 is 0 Å². The number of para-hydroxylation sites is 1. The Bertz CT molecular complexity index is 678. The third-order valence-electron chi connectivity index (χ3n) is 4.50. The maximum absolute atomic E-state index is 12.2. The molecule has 0 atom stereocenters. The highest BCUT2D eigenvalue weighted by atomic mass is 16.2. The highest BCUT2D eigenvalue weighted by Gasteiger charge is 2.17. The lowest BCUT2D eigenvalue weighted by atomic mass is 9.95. The van der Waals surface area contributed by atoms with Gasteiger partial charge in [-0.2, -0.15) is 0 Å². The van der Waals surface area contributed by atoms with Crippen LogP contribution in [0.5, 0.6) is 0 Å². The molecule has 1 fully saturated rings. The van der Waals surface area contributed by atoms with Crippen molar-refractivity contribution in [3.05, 3.63) is 47.7 Å². The number of hydrogen-bond acceptors (Lipinski definition) is 4. The van der Waals surface area contributed by atoms with E-state index in [0.29, 0.717) is 11.5 Å². The highest BCUT2D eigenvalue weighted by Crippen LogP contribution is 2.20. The largest absolute Gasteiger partial charge is 0.348 e. The van der Waals surface area contributed by atoms with Gasteiger partial charge in [0.25, 0.3) is 5.91 Å². The van der Waals surface area contributed by atoms with Crippen molar-refractivity contribution in [3.8, 4) is 0 Å². The molecule has 0 bridgehead atoms. The van der Waals surface area contributed by atoms with Crippen LogP contribution in [-0.2, 0) is 6.42 Å². The van der Waals surface area contributed by atoms with Gasteiger partial charge in [-0.3, -0.25) is 4.79 Å². The van der Waals surface area contributed by atoms with Crippen molar-refractivity contribution < 1.29 is 4.79 Å². The lowest BCUT2D eigenvalue weighted by molar-refractivity contribution is 0.0921. The van der Waals surface area contributed by atoms with Crippen LogP contribution in [0.15, 0.2) is 36.4 Å². The molecule has 1 heterocycles. The van der Waals surface area contributed by atoms with Crippen molar-refractivity contribution in [2.45, 2.75) is 51.5 Å². The molecule has 5 nitrogen and oxygen atoms in total. The van der Waals surface area contributed by atoms with Gasteiger partial charge in [0.1, 0.15) is 0 Å². The second kappa shape index (κ2) is 7.90. The summed E-state index contributed by atoms with van der Waals surface area (Å²) in [5, 5.41) is 14.5. The van der Waals surface area contributed by atoms with Gasteiger partial charge in [0.15, 0.2) is 11.5 Å². The molecule has 1 aliphatic carbocycles. The predicted molar refractivity (Wildman–Crippen MR) is 95.5 cm³/mol. The fraction of sp³-hybridized carbons (Fsp3) is 0.421. The zero-order valence-electron chi connectivity index (χ0n) is 14.1. The number of aromatic nitrogens is 2. The first-order valence-electron chi connectivity index (χ1n) is 8.76. The van der Waals surface area contributed by atoms with E-state index in [4.69, 9.17) is 0 Å². The Kier molecular flexibility index (Phi) is 5.41. The molecule has 1 aromatic heterocycles. The van der Waals surface area contributed by atoms with Gasteiger partial charge in [-0.25, -0.2) is 0 Å². The van der Waals surface area contributed by atoms with Crippen LogP contribution in [0.25, 0.3) is 0 Å². The van der Waals surface area contributed by atoms with E-state index in [-0.39, 0.29) is 11.9 Å². The van der Waals surface area contributed by atoms with Crippen LogP contribution in [0.4, 0.5) is 11.5 Å². The Hall–Kier alpha value is -2.43. The van der Waals surface area contributed by atoms with Gasteiger partial charge >= 0.3 is 0 Å². The van der Waals surface area contributed by atoms with Crippen molar-refractivity contribution in [1.29, 1.82) is 0 Å². The zero-order chi connectivity index (χ0) is 16.8. The topological polar surface area (TPSA) is 66.9 Å². The van der Waals surface area contributed by atoms with Crippen LogP contribution >= 0.6 is 0 Å². The summed E-state index contributed by atoms with van der Waals surface area (Å²) >= 11 is 0. The molecule has 126 valence electrons. The number of nitrogens with zero attached hydrogens (tertiary/aromatic N) is 2. The minimum atomic E-state index is -0.130. The first kappa shape index (κ1) is 16.4. The van der Waals surface area contributed by atoms with Crippen molar-refractivity contribution in [3.63, 3.8) is 0 Å². The molecule has 2 aromatic rings. The molecular weight excluding hydrogens is 300 g/mol. The number of carbonyl (C=O) groups is 1. The molecule has 1 aliphatic rings. The molecule has 1 amide bonds. The summed E-state index contributed by atoms with van der Waals surface area (Å²) in [6.45, 7) is 2.12. The Morgan fingerprint density at radius 1 is 1.08 bits per heavy atom. The fourth-order valence-corrected chi connectivity index (χ4v) is 3.11. The molecule has 0 aliphatic heterocycles. The standard InChI is InChI=1S/C19H24N4O/c1-2-14-8-6-7-11-16(14)21-18-13-12-17(22-23-18)19(24)20-15-9-4-3-5-10-15/h6-8,11-13,15H,2-5,9-10H2,1H3,(H,20,24)(H,21,23). The first-order chi connectivity index (χ1) is 11.8. The summed E-state index contributed by atoms with van der Waals surface area (Å²) < 4.78 is 0. The van der Waals surface area contributed by atoms with Gasteiger partial charge in [0.2, 0.25) is 0 Å². The minimum Gasteiger partial charge on any atom is -0.348 e. The van der Waals surface area contributed by atoms with E-state index in [9.17, 15) is 4.79 Å². The van der Waals surface area contributed by atoms with Crippen LogP contribution in [0.2, 0.25) is 0 Å². The molecule has 1 aromatic carbocycles. The molecule has 24 heavy (non-hydrogen) atoms. The van der Waals surface area contributed by atoms with Crippen LogP contribution in [0.1, 0.15) is 55.1 Å². The Morgan fingerprint density at radius 2 is 1.88 bits per heavy atom. The Morgan fingerprint density at radius 3 is 2.58 bits per heavy atom. The minimum absolute atomic E-state index is 0.130. The van der Waals surface area contributed by atoms with Gasteiger partial charge < -0.3 is 10.6 Å². The molecule has 0 radical (unpaired) electrons. The maximum atomic E-state index is 12.2. The molecule has 0 unspecified atom stereocenters. The molecule has 1 saturated carbocycles. The van der Waals surface area contributed by atoms with E-state index in [1.54, 1.807) is 12.1 Å². The lowest BCUT2D eigenvalue weighted by Gasteiger charge is -2.22.